The fourth-order valence-corrected chi connectivity index (χ4v) is 3.42. The molecule has 3 heterocycles. The minimum absolute atomic E-state index is 0.317. The second kappa shape index (κ2) is 7.44. The van der Waals surface area contributed by atoms with Crippen LogP contribution in [0.3, 0.4) is 0 Å². The Morgan fingerprint density at radius 1 is 1.33 bits per heavy atom. The lowest BCUT2D eigenvalue weighted by molar-refractivity contribution is 0.119. The maximum absolute atomic E-state index is 6.02. The van der Waals surface area contributed by atoms with Crippen LogP contribution in [0, 0.1) is 5.92 Å². The summed E-state index contributed by atoms with van der Waals surface area (Å²) in [6.07, 6.45) is 5.90. The van der Waals surface area contributed by atoms with E-state index < -0.39 is 0 Å². The van der Waals surface area contributed by atoms with Gasteiger partial charge in [-0.15, -0.1) is 0 Å². The van der Waals surface area contributed by atoms with Gasteiger partial charge in [0.15, 0.2) is 5.96 Å². The number of anilines is 1. The number of aliphatic imine (C=N–C) groups is 1. The van der Waals surface area contributed by atoms with Crippen LogP contribution in [0.5, 0.6) is 0 Å². The second-order valence-electron chi connectivity index (χ2n) is 6.27. The zero-order valence-corrected chi connectivity index (χ0v) is 14.3. The van der Waals surface area contributed by atoms with Crippen LogP contribution in [0.2, 0.25) is 0 Å². The van der Waals surface area contributed by atoms with Gasteiger partial charge in [0.1, 0.15) is 5.82 Å². The molecule has 1 fully saturated rings. The maximum atomic E-state index is 6.02. The normalized spacial score (nSPS) is 22.5. The van der Waals surface area contributed by atoms with E-state index in [1.165, 1.54) is 12.1 Å². The highest BCUT2D eigenvalue weighted by atomic mass is 15.3. The molecule has 0 unspecified atom stereocenters. The van der Waals surface area contributed by atoms with Gasteiger partial charge in [-0.05, 0) is 50.6 Å². The molecule has 7 heteroatoms. The predicted molar refractivity (Wildman–Crippen MR) is 95.7 cm³/mol. The SMILES string of the molecule is CN1CCC[C@@H](CN=C(N)Nc2ccccn2)[C@@H]1c1ccnn1C. The number of aromatic nitrogens is 3. The van der Waals surface area contributed by atoms with E-state index in [-0.39, 0.29) is 0 Å². The number of guanidine groups is 1. The van der Waals surface area contributed by atoms with Gasteiger partial charge in [-0.3, -0.25) is 14.6 Å². The van der Waals surface area contributed by atoms with Gasteiger partial charge < -0.3 is 11.1 Å². The van der Waals surface area contributed by atoms with Gasteiger partial charge in [0, 0.05) is 26.0 Å². The van der Waals surface area contributed by atoms with E-state index in [0.29, 0.717) is 30.3 Å². The zero-order valence-electron chi connectivity index (χ0n) is 14.3. The molecule has 0 aliphatic carbocycles. The van der Waals surface area contributed by atoms with Crippen molar-refractivity contribution in [1.82, 2.24) is 19.7 Å². The van der Waals surface area contributed by atoms with E-state index in [1.54, 1.807) is 6.20 Å². The molecule has 2 atom stereocenters. The molecule has 7 nitrogen and oxygen atoms in total. The molecule has 0 aromatic carbocycles. The van der Waals surface area contributed by atoms with Crippen molar-refractivity contribution in [2.24, 2.45) is 23.7 Å². The molecule has 128 valence electrons. The first kappa shape index (κ1) is 16.4. The van der Waals surface area contributed by atoms with Crippen LogP contribution >= 0.6 is 0 Å². The number of nitrogens with zero attached hydrogens (tertiary/aromatic N) is 5. The highest BCUT2D eigenvalue weighted by molar-refractivity contribution is 5.91. The number of pyridine rings is 1. The van der Waals surface area contributed by atoms with Crippen LogP contribution in [0.1, 0.15) is 24.6 Å². The Kier molecular flexibility index (Phi) is 5.10. The molecule has 2 aromatic heterocycles. The Hall–Kier alpha value is -2.41. The Morgan fingerprint density at radius 2 is 2.21 bits per heavy atom. The van der Waals surface area contributed by atoms with Crippen LogP contribution in [-0.2, 0) is 7.05 Å². The molecule has 1 aliphatic heterocycles. The molecular weight excluding hydrogens is 302 g/mol. The fourth-order valence-electron chi connectivity index (χ4n) is 3.42. The minimum atomic E-state index is 0.317. The summed E-state index contributed by atoms with van der Waals surface area (Å²) in [5.41, 5.74) is 7.25. The highest BCUT2D eigenvalue weighted by Gasteiger charge is 2.32. The molecule has 0 bridgehead atoms. The predicted octanol–water partition coefficient (Wildman–Crippen LogP) is 1.62. The van der Waals surface area contributed by atoms with Crippen LogP contribution in [-0.4, -0.2) is 45.8 Å². The summed E-state index contributed by atoms with van der Waals surface area (Å²) in [4.78, 5) is 11.1. The van der Waals surface area contributed by atoms with Gasteiger partial charge in [-0.2, -0.15) is 5.10 Å². The monoisotopic (exact) mass is 327 g/mol. The lowest BCUT2D eigenvalue weighted by Crippen LogP contribution is -2.39. The van der Waals surface area contributed by atoms with Gasteiger partial charge in [0.25, 0.3) is 0 Å². The third-order valence-corrected chi connectivity index (χ3v) is 4.59. The standard InChI is InChI=1S/C17H25N7/c1-23-11-5-6-13(16(23)14-8-10-21-24(14)2)12-20-17(18)22-15-7-3-4-9-19-15/h3-4,7-10,13,16H,5-6,11-12H2,1-2H3,(H3,18,19,20,22)/t13-,16+/m0/s1. The van der Waals surface area contributed by atoms with Gasteiger partial charge in [-0.25, -0.2) is 4.98 Å². The molecule has 2 aromatic rings. The van der Waals surface area contributed by atoms with Crippen molar-refractivity contribution in [2.45, 2.75) is 18.9 Å². The van der Waals surface area contributed by atoms with E-state index >= 15 is 0 Å². The van der Waals surface area contributed by atoms with E-state index in [0.717, 1.165) is 13.0 Å². The van der Waals surface area contributed by atoms with E-state index in [1.807, 2.05) is 36.1 Å². The second-order valence-corrected chi connectivity index (χ2v) is 6.27. The van der Waals surface area contributed by atoms with E-state index in [4.69, 9.17) is 5.73 Å². The Labute approximate surface area is 142 Å². The summed E-state index contributed by atoms with van der Waals surface area (Å²) in [5.74, 6) is 1.54. The molecule has 1 saturated heterocycles. The molecular formula is C17H25N7. The maximum Gasteiger partial charge on any atom is 0.194 e. The van der Waals surface area contributed by atoms with Crippen molar-refractivity contribution >= 4 is 11.8 Å². The quantitative estimate of drug-likeness (QED) is 0.658. The van der Waals surface area contributed by atoms with Crippen molar-refractivity contribution in [3.63, 3.8) is 0 Å². The number of hydrogen-bond donors (Lipinski definition) is 2. The summed E-state index contributed by atoms with van der Waals surface area (Å²) in [5, 5.41) is 7.36. The summed E-state index contributed by atoms with van der Waals surface area (Å²) >= 11 is 0. The smallest absolute Gasteiger partial charge is 0.194 e. The van der Waals surface area contributed by atoms with Crippen molar-refractivity contribution < 1.29 is 0 Å². The van der Waals surface area contributed by atoms with Crippen LogP contribution in [0.4, 0.5) is 5.82 Å². The molecule has 24 heavy (non-hydrogen) atoms. The van der Waals surface area contributed by atoms with Crippen molar-refractivity contribution in [2.75, 3.05) is 25.5 Å². The fraction of sp³-hybridized carbons (Fsp3) is 0.471. The third kappa shape index (κ3) is 3.73. The Bertz CT molecular complexity index is 679. The van der Waals surface area contributed by atoms with Crippen molar-refractivity contribution in [3.8, 4) is 0 Å². The Morgan fingerprint density at radius 3 is 2.92 bits per heavy atom. The first-order valence-electron chi connectivity index (χ1n) is 8.31. The number of aryl methyl sites for hydroxylation is 1. The first-order valence-corrected chi connectivity index (χ1v) is 8.31. The largest absolute Gasteiger partial charge is 0.370 e. The number of nitrogens with two attached hydrogens (primary N) is 1. The van der Waals surface area contributed by atoms with Crippen molar-refractivity contribution in [3.05, 3.63) is 42.4 Å². The molecule has 0 radical (unpaired) electrons. The van der Waals surface area contributed by atoms with Crippen LogP contribution in [0.25, 0.3) is 0 Å². The van der Waals surface area contributed by atoms with Crippen LogP contribution < -0.4 is 11.1 Å². The topological polar surface area (TPSA) is 84.4 Å². The Balaban J connectivity index is 1.70. The van der Waals surface area contributed by atoms with Gasteiger partial charge in [0.2, 0.25) is 0 Å². The van der Waals surface area contributed by atoms with E-state index in [9.17, 15) is 0 Å². The molecule has 3 rings (SSSR count). The van der Waals surface area contributed by atoms with E-state index in [2.05, 4.69) is 38.4 Å². The average molecular weight is 327 g/mol. The lowest BCUT2D eigenvalue weighted by atomic mass is 9.87. The summed E-state index contributed by atoms with van der Waals surface area (Å²) in [6, 6.07) is 8.07. The van der Waals surface area contributed by atoms with Crippen LogP contribution in [0.15, 0.2) is 41.7 Å². The van der Waals surface area contributed by atoms with Gasteiger partial charge in [0.05, 0.1) is 11.7 Å². The summed E-state index contributed by atoms with van der Waals surface area (Å²) in [6.45, 7) is 1.78. The number of nitrogens with one attached hydrogen (secondary N) is 1. The molecule has 0 saturated carbocycles. The molecule has 1 aliphatic rings. The minimum Gasteiger partial charge on any atom is -0.370 e. The van der Waals surface area contributed by atoms with Gasteiger partial charge >= 0.3 is 0 Å². The molecule has 0 spiro atoms. The molecule has 3 N–H and O–H groups in total. The highest BCUT2D eigenvalue weighted by Crippen LogP contribution is 2.34. The number of likely N-dealkylation sites (tertiary alicyclic amines) is 1. The zero-order chi connectivity index (χ0) is 16.9. The lowest BCUT2D eigenvalue weighted by Gasteiger charge is -2.38. The number of hydrogen-bond acceptors (Lipinski definition) is 4. The summed E-state index contributed by atoms with van der Waals surface area (Å²) in [7, 11) is 4.16. The molecule has 0 amide bonds. The number of rotatable bonds is 4. The number of piperidine rings is 1. The van der Waals surface area contributed by atoms with Gasteiger partial charge in [-0.1, -0.05) is 6.07 Å². The average Bonchev–Trinajstić information content (AvgIpc) is 2.99. The third-order valence-electron chi connectivity index (χ3n) is 4.59. The summed E-state index contributed by atoms with van der Waals surface area (Å²) < 4.78 is 1.96. The van der Waals surface area contributed by atoms with Crippen molar-refractivity contribution in [1.29, 1.82) is 0 Å². The first-order chi connectivity index (χ1) is 11.6.